The summed E-state index contributed by atoms with van der Waals surface area (Å²) < 4.78 is 0. The zero-order chi connectivity index (χ0) is 16.0. The normalized spacial score (nSPS) is 26.5. The Labute approximate surface area is 137 Å². The second kappa shape index (κ2) is 5.55. The second-order valence-electron chi connectivity index (χ2n) is 7.11. The summed E-state index contributed by atoms with van der Waals surface area (Å²) in [6.45, 7) is 5.19. The number of aromatic nitrogens is 1. The van der Waals surface area contributed by atoms with Crippen LogP contribution in [0.5, 0.6) is 0 Å². The average molecular weight is 308 g/mol. The number of rotatable bonds is 3. The maximum absolute atomic E-state index is 13.0. The van der Waals surface area contributed by atoms with Crippen LogP contribution in [0.2, 0.25) is 0 Å². The van der Waals surface area contributed by atoms with Gasteiger partial charge in [-0.1, -0.05) is 18.2 Å². The topological polar surface area (TPSA) is 36.1 Å². The van der Waals surface area contributed by atoms with E-state index in [2.05, 4.69) is 48.0 Å². The minimum absolute atomic E-state index is 0.188. The third kappa shape index (κ3) is 2.58. The molecule has 3 atom stereocenters. The molecular formula is C20H24N2O. The predicted molar refractivity (Wildman–Crippen MR) is 91.2 cm³/mol. The molecule has 4 rings (SSSR count). The van der Waals surface area contributed by atoms with Crippen molar-refractivity contribution >= 4 is 5.91 Å². The molecule has 0 bridgehead atoms. The van der Waals surface area contributed by atoms with Gasteiger partial charge in [-0.2, -0.15) is 0 Å². The molecule has 1 aliphatic carbocycles. The number of carbonyl (C=O) groups is 1. The van der Waals surface area contributed by atoms with E-state index >= 15 is 0 Å². The molecule has 0 spiro atoms. The molecule has 1 aromatic carbocycles. The Morgan fingerprint density at radius 3 is 2.83 bits per heavy atom. The molecule has 2 aliphatic rings. The summed E-state index contributed by atoms with van der Waals surface area (Å²) >= 11 is 0. The Kier molecular flexibility index (Phi) is 3.51. The Bertz CT molecular complexity index is 719. The van der Waals surface area contributed by atoms with Gasteiger partial charge >= 0.3 is 0 Å². The molecule has 1 saturated heterocycles. The fourth-order valence-corrected chi connectivity index (χ4v) is 3.95. The van der Waals surface area contributed by atoms with E-state index in [1.165, 1.54) is 22.4 Å². The maximum Gasteiger partial charge on any atom is 0.226 e. The summed E-state index contributed by atoms with van der Waals surface area (Å²) in [6.07, 6.45) is 5.14. The smallest absolute Gasteiger partial charge is 0.226 e. The highest BCUT2D eigenvalue weighted by molar-refractivity contribution is 5.83. The Balaban J connectivity index is 1.49. The van der Waals surface area contributed by atoms with Crippen LogP contribution in [-0.2, 0) is 4.79 Å². The quantitative estimate of drug-likeness (QED) is 0.910. The number of aryl methyl sites for hydroxylation is 2. The van der Waals surface area contributed by atoms with Crippen LogP contribution in [0.1, 0.15) is 53.6 Å². The molecule has 23 heavy (non-hydrogen) atoms. The summed E-state index contributed by atoms with van der Waals surface area (Å²) in [6, 6.07) is 11.0. The fraction of sp³-hybridized carbons (Fsp3) is 0.450. The number of nitrogens with one attached hydrogen (secondary N) is 1. The molecule has 2 fully saturated rings. The molecule has 3 nitrogen and oxygen atoms in total. The number of nitrogens with zero attached hydrogens (tertiary/aromatic N) is 1. The van der Waals surface area contributed by atoms with E-state index in [9.17, 15) is 4.79 Å². The SMILES string of the molecule is Cc1ccc([C@@H]2C[C@H]2C(=O)N2CCC[C@H]2c2ccc[nH]2)cc1C. The third-order valence-electron chi connectivity index (χ3n) is 5.58. The van der Waals surface area contributed by atoms with Gasteiger partial charge in [0.05, 0.1) is 6.04 Å². The van der Waals surface area contributed by atoms with Crippen LogP contribution in [0.15, 0.2) is 36.5 Å². The van der Waals surface area contributed by atoms with Crippen molar-refractivity contribution in [3.63, 3.8) is 0 Å². The first-order chi connectivity index (χ1) is 11.1. The number of hydrogen-bond donors (Lipinski definition) is 1. The molecular weight excluding hydrogens is 284 g/mol. The highest BCUT2D eigenvalue weighted by atomic mass is 16.2. The molecule has 0 radical (unpaired) electrons. The maximum atomic E-state index is 13.0. The lowest BCUT2D eigenvalue weighted by molar-refractivity contribution is -0.133. The van der Waals surface area contributed by atoms with Crippen molar-refractivity contribution < 1.29 is 4.79 Å². The van der Waals surface area contributed by atoms with E-state index in [1.807, 2.05) is 12.3 Å². The molecule has 1 saturated carbocycles. The van der Waals surface area contributed by atoms with Crippen LogP contribution in [0.4, 0.5) is 0 Å². The Morgan fingerprint density at radius 1 is 1.22 bits per heavy atom. The lowest BCUT2D eigenvalue weighted by Gasteiger charge is -2.24. The summed E-state index contributed by atoms with van der Waals surface area (Å²) in [5.41, 5.74) is 5.16. The average Bonchev–Trinajstić information content (AvgIpc) is 2.96. The van der Waals surface area contributed by atoms with Gasteiger partial charge in [0.1, 0.15) is 0 Å². The zero-order valence-corrected chi connectivity index (χ0v) is 13.9. The summed E-state index contributed by atoms with van der Waals surface area (Å²) in [4.78, 5) is 18.4. The van der Waals surface area contributed by atoms with Gasteiger partial charge in [0.15, 0.2) is 0 Å². The van der Waals surface area contributed by atoms with E-state index in [0.717, 1.165) is 25.8 Å². The number of aromatic amines is 1. The molecule has 3 heteroatoms. The Hall–Kier alpha value is -2.03. The molecule has 1 N–H and O–H groups in total. The van der Waals surface area contributed by atoms with Crippen molar-refractivity contribution in [1.82, 2.24) is 9.88 Å². The van der Waals surface area contributed by atoms with Gasteiger partial charge in [-0.15, -0.1) is 0 Å². The van der Waals surface area contributed by atoms with Crippen LogP contribution in [0.25, 0.3) is 0 Å². The number of amides is 1. The number of H-pyrrole nitrogens is 1. The second-order valence-corrected chi connectivity index (χ2v) is 7.11. The van der Waals surface area contributed by atoms with Crippen LogP contribution in [0.3, 0.4) is 0 Å². The third-order valence-corrected chi connectivity index (χ3v) is 5.58. The van der Waals surface area contributed by atoms with Gasteiger partial charge in [-0.25, -0.2) is 0 Å². The van der Waals surface area contributed by atoms with Gasteiger partial charge < -0.3 is 9.88 Å². The van der Waals surface area contributed by atoms with Gasteiger partial charge in [0.25, 0.3) is 0 Å². The van der Waals surface area contributed by atoms with Crippen LogP contribution >= 0.6 is 0 Å². The first kappa shape index (κ1) is 14.6. The molecule has 1 amide bonds. The lowest BCUT2D eigenvalue weighted by atomic mass is 10.0. The predicted octanol–water partition coefficient (Wildman–Crippen LogP) is 4.10. The van der Waals surface area contributed by atoms with Gasteiger partial charge in [0, 0.05) is 24.4 Å². The van der Waals surface area contributed by atoms with Crippen molar-refractivity contribution in [2.45, 2.75) is 45.1 Å². The Morgan fingerprint density at radius 2 is 2.09 bits per heavy atom. The van der Waals surface area contributed by atoms with Crippen LogP contribution in [-0.4, -0.2) is 22.3 Å². The summed E-state index contributed by atoms with van der Waals surface area (Å²) in [7, 11) is 0. The van der Waals surface area contributed by atoms with Crippen molar-refractivity contribution in [3.05, 3.63) is 58.9 Å². The highest BCUT2D eigenvalue weighted by Gasteiger charge is 2.47. The molecule has 1 aliphatic heterocycles. The standard InChI is InChI=1S/C20H24N2O/c1-13-7-8-15(11-14(13)2)16-12-17(16)20(23)22-10-4-6-19(22)18-5-3-9-21-18/h3,5,7-9,11,16-17,19,21H,4,6,10,12H2,1-2H3/t16-,17+,19-/m0/s1. The first-order valence-electron chi connectivity index (χ1n) is 8.66. The largest absolute Gasteiger partial charge is 0.363 e. The number of hydrogen-bond acceptors (Lipinski definition) is 1. The number of benzene rings is 1. The molecule has 0 unspecified atom stereocenters. The highest BCUT2D eigenvalue weighted by Crippen LogP contribution is 2.50. The molecule has 120 valence electrons. The summed E-state index contributed by atoms with van der Waals surface area (Å²) in [5.74, 6) is 0.963. The zero-order valence-electron chi connectivity index (χ0n) is 13.9. The minimum Gasteiger partial charge on any atom is -0.363 e. The van der Waals surface area contributed by atoms with E-state index in [1.54, 1.807) is 0 Å². The molecule has 2 aromatic rings. The fourth-order valence-electron chi connectivity index (χ4n) is 3.95. The van der Waals surface area contributed by atoms with Crippen molar-refractivity contribution in [2.75, 3.05) is 6.54 Å². The van der Waals surface area contributed by atoms with Gasteiger partial charge in [0.2, 0.25) is 5.91 Å². The molecule has 2 heterocycles. The van der Waals surface area contributed by atoms with Crippen LogP contribution in [0, 0.1) is 19.8 Å². The van der Waals surface area contributed by atoms with E-state index in [0.29, 0.717) is 11.8 Å². The number of likely N-dealkylation sites (tertiary alicyclic amines) is 1. The van der Waals surface area contributed by atoms with Gasteiger partial charge in [-0.05, 0) is 67.9 Å². The van der Waals surface area contributed by atoms with Crippen molar-refractivity contribution in [2.24, 2.45) is 5.92 Å². The van der Waals surface area contributed by atoms with Gasteiger partial charge in [-0.3, -0.25) is 4.79 Å². The number of carbonyl (C=O) groups excluding carboxylic acids is 1. The molecule has 1 aromatic heterocycles. The van der Waals surface area contributed by atoms with Crippen molar-refractivity contribution in [1.29, 1.82) is 0 Å². The van der Waals surface area contributed by atoms with E-state index < -0.39 is 0 Å². The first-order valence-corrected chi connectivity index (χ1v) is 8.66. The van der Waals surface area contributed by atoms with E-state index in [4.69, 9.17) is 0 Å². The van der Waals surface area contributed by atoms with Crippen LogP contribution < -0.4 is 0 Å². The minimum atomic E-state index is 0.188. The lowest BCUT2D eigenvalue weighted by Crippen LogP contribution is -2.32. The summed E-state index contributed by atoms with van der Waals surface area (Å²) in [5, 5.41) is 0. The van der Waals surface area contributed by atoms with Crippen molar-refractivity contribution in [3.8, 4) is 0 Å². The monoisotopic (exact) mass is 308 g/mol. The van der Waals surface area contributed by atoms with E-state index in [-0.39, 0.29) is 12.0 Å².